The molecule has 0 radical (unpaired) electrons. The van der Waals surface area contributed by atoms with Gasteiger partial charge in [-0.05, 0) is 13.0 Å². The van der Waals surface area contributed by atoms with Gasteiger partial charge in [-0.25, -0.2) is 14.6 Å². The van der Waals surface area contributed by atoms with Crippen LogP contribution in [0.5, 0.6) is 5.75 Å². The number of ether oxygens (including phenoxy) is 1. The summed E-state index contributed by atoms with van der Waals surface area (Å²) < 4.78 is 4.98. The van der Waals surface area contributed by atoms with E-state index in [0.717, 1.165) is 12.3 Å². The van der Waals surface area contributed by atoms with E-state index in [9.17, 15) is 9.59 Å². The standard InChI is InChI=1S/C9H9NO5/c1-2-15-6-3-5(8(11)12)4-10-7(6)9(13)14/h3-4H,2H2,1H3,(H,11,12)(H,13,14). The Hall–Kier alpha value is -2.11. The van der Waals surface area contributed by atoms with Gasteiger partial charge >= 0.3 is 11.9 Å². The minimum Gasteiger partial charge on any atom is -0.491 e. The summed E-state index contributed by atoms with van der Waals surface area (Å²) in [6.45, 7) is 1.91. The molecule has 1 rings (SSSR count). The first-order valence-corrected chi connectivity index (χ1v) is 4.15. The molecule has 0 aliphatic heterocycles. The Morgan fingerprint density at radius 2 is 2.07 bits per heavy atom. The van der Waals surface area contributed by atoms with Crippen LogP contribution in [0.2, 0.25) is 0 Å². The van der Waals surface area contributed by atoms with Crippen LogP contribution in [-0.2, 0) is 0 Å². The van der Waals surface area contributed by atoms with Gasteiger partial charge in [-0.15, -0.1) is 0 Å². The van der Waals surface area contributed by atoms with E-state index in [1.54, 1.807) is 6.92 Å². The summed E-state index contributed by atoms with van der Waals surface area (Å²) in [7, 11) is 0. The van der Waals surface area contributed by atoms with E-state index in [-0.39, 0.29) is 23.6 Å². The van der Waals surface area contributed by atoms with Gasteiger partial charge in [-0.3, -0.25) is 0 Å². The van der Waals surface area contributed by atoms with Crippen molar-refractivity contribution < 1.29 is 24.5 Å². The van der Waals surface area contributed by atoms with Gasteiger partial charge in [0, 0.05) is 6.20 Å². The lowest BCUT2D eigenvalue weighted by Gasteiger charge is -2.06. The molecule has 1 heterocycles. The van der Waals surface area contributed by atoms with Crippen molar-refractivity contribution in [1.29, 1.82) is 0 Å². The van der Waals surface area contributed by atoms with Crippen molar-refractivity contribution in [2.24, 2.45) is 0 Å². The Kier molecular flexibility index (Phi) is 3.22. The number of carboxylic acids is 2. The number of carbonyl (C=O) groups is 2. The maximum atomic E-state index is 10.7. The molecule has 0 fully saturated rings. The number of pyridine rings is 1. The summed E-state index contributed by atoms with van der Waals surface area (Å²) in [5, 5.41) is 17.4. The van der Waals surface area contributed by atoms with E-state index < -0.39 is 11.9 Å². The zero-order valence-electron chi connectivity index (χ0n) is 7.93. The number of hydrogen-bond acceptors (Lipinski definition) is 4. The fraction of sp³-hybridized carbons (Fsp3) is 0.222. The second-order valence-electron chi connectivity index (χ2n) is 2.61. The number of aromatic nitrogens is 1. The van der Waals surface area contributed by atoms with Crippen molar-refractivity contribution in [3.8, 4) is 5.75 Å². The lowest BCUT2D eigenvalue weighted by Crippen LogP contribution is -2.08. The first-order chi connectivity index (χ1) is 7.06. The molecule has 0 unspecified atom stereocenters. The zero-order chi connectivity index (χ0) is 11.4. The van der Waals surface area contributed by atoms with Crippen LogP contribution in [0.4, 0.5) is 0 Å². The predicted molar refractivity (Wildman–Crippen MR) is 49.3 cm³/mol. The topological polar surface area (TPSA) is 96.7 Å². The van der Waals surface area contributed by atoms with Crippen molar-refractivity contribution >= 4 is 11.9 Å². The minimum absolute atomic E-state index is 0.0371. The van der Waals surface area contributed by atoms with Gasteiger partial charge in [-0.1, -0.05) is 0 Å². The molecule has 0 spiro atoms. The highest BCUT2D eigenvalue weighted by molar-refractivity contribution is 5.92. The third kappa shape index (κ3) is 2.43. The Bertz CT molecular complexity index is 401. The lowest BCUT2D eigenvalue weighted by molar-refractivity contribution is 0.0671. The Labute approximate surface area is 85.1 Å². The number of carboxylic acid groups (broad SMARTS) is 2. The molecular formula is C9H9NO5. The molecule has 0 bridgehead atoms. The lowest BCUT2D eigenvalue weighted by atomic mass is 10.2. The van der Waals surface area contributed by atoms with Crippen molar-refractivity contribution in [3.05, 3.63) is 23.5 Å². The highest BCUT2D eigenvalue weighted by Gasteiger charge is 2.15. The fourth-order valence-electron chi connectivity index (χ4n) is 0.988. The van der Waals surface area contributed by atoms with Crippen molar-refractivity contribution in [2.75, 3.05) is 6.61 Å². The van der Waals surface area contributed by atoms with E-state index in [4.69, 9.17) is 14.9 Å². The van der Waals surface area contributed by atoms with E-state index in [2.05, 4.69) is 4.98 Å². The number of rotatable bonds is 4. The second-order valence-corrected chi connectivity index (χ2v) is 2.61. The Morgan fingerprint density at radius 3 is 2.53 bits per heavy atom. The molecule has 1 aromatic rings. The quantitative estimate of drug-likeness (QED) is 0.767. The van der Waals surface area contributed by atoms with Gasteiger partial charge in [0.1, 0.15) is 0 Å². The molecule has 1 aromatic heterocycles. The number of aromatic carboxylic acids is 2. The van der Waals surface area contributed by atoms with Crippen molar-refractivity contribution in [2.45, 2.75) is 6.92 Å². The molecule has 0 aromatic carbocycles. The summed E-state index contributed by atoms with van der Waals surface area (Å²) in [4.78, 5) is 24.8. The maximum absolute atomic E-state index is 10.7. The molecule has 2 N–H and O–H groups in total. The monoisotopic (exact) mass is 211 g/mol. The number of nitrogens with zero attached hydrogens (tertiary/aromatic N) is 1. The van der Waals surface area contributed by atoms with Crippen LogP contribution in [0.15, 0.2) is 12.3 Å². The van der Waals surface area contributed by atoms with Gasteiger partial charge in [0.05, 0.1) is 12.2 Å². The largest absolute Gasteiger partial charge is 0.491 e. The molecule has 6 heteroatoms. The maximum Gasteiger partial charge on any atom is 0.358 e. The van der Waals surface area contributed by atoms with Crippen molar-refractivity contribution in [1.82, 2.24) is 4.98 Å². The fourth-order valence-corrected chi connectivity index (χ4v) is 0.988. The van der Waals surface area contributed by atoms with Gasteiger partial charge in [0.2, 0.25) is 0 Å². The van der Waals surface area contributed by atoms with Crippen LogP contribution in [0.3, 0.4) is 0 Å². The highest BCUT2D eigenvalue weighted by atomic mass is 16.5. The van der Waals surface area contributed by atoms with Crippen molar-refractivity contribution in [3.63, 3.8) is 0 Å². The van der Waals surface area contributed by atoms with Gasteiger partial charge in [0.25, 0.3) is 0 Å². The van der Waals surface area contributed by atoms with Crippen LogP contribution in [0, 0.1) is 0 Å². The first-order valence-electron chi connectivity index (χ1n) is 4.15. The van der Waals surface area contributed by atoms with E-state index in [1.807, 2.05) is 0 Å². The van der Waals surface area contributed by atoms with E-state index >= 15 is 0 Å². The predicted octanol–water partition coefficient (Wildman–Crippen LogP) is 0.877. The van der Waals surface area contributed by atoms with Crippen LogP contribution in [0.1, 0.15) is 27.8 Å². The third-order valence-corrected chi connectivity index (χ3v) is 1.60. The van der Waals surface area contributed by atoms with Crippen LogP contribution in [0.25, 0.3) is 0 Å². The van der Waals surface area contributed by atoms with E-state index in [0.29, 0.717) is 0 Å². The van der Waals surface area contributed by atoms with Gasteiger partial charge < -0.3 is 14.9 Å². The summed E-state index contributed by atoms with van der Waals surface area (Å²) in [6, 6.07) is 1.14. The second kappa shape index (κ2) is 4.41. The molecule has 0 atom stereocenters. The van der Waals surface area contributed by atoms with Crippen LogP contribution >= 0.6 is 0 Å². The van der Waals surface area contributed by atoms with Crippen LogP contribution in [-0.4, -0.2) is 33.7 Å². The molecule has 0 saturated heterocycles. The van der Waals surface area contributed by atoms with E-state index in [1.165, 1.54) is 0 Å². The summed E-state index contributed by atoms with van der Waals surface area (Å²) >= 11 is 0. The third-order valence-electron chi connectivity index (χ3n) is 1.60. The minimum atomic E-state index is -1.25. The smallest absolute Gasteiger partial charge is 0.358 e. The number of hydrogen-bond donors (Lipinski definition) is 2. The van der Waals surface area contributed by atoms with Gasteiger partial charge in [-0.2, -0.15) is 0 Å². The first kappa shape index (κ1) is 11.0. The summed E-state index contributed by atoms with van der Waals surface area (Å²) in [6.07, 6.45) is 0.980. The average Bonchev–Trinajstić information content (AvgIpc) is 2.17. The van der Waals surface area contributed by atoms with Gasteiger partial charge in [0.15, 0.2) is 11.4 Å². The molecule has 0 amide bonds. The molecule has 80 valence electrons. The highest BCUT2D eigenvalue weighted by Crippen LogP contribution is 2.18. The summed E-state index contributed by atoms with van der Waals surface area (Å²) in [5.74, 6) is -2.47. The molecular weight excluding hydrogens is 202 g/mol. The Balaban J connectivity index is 3.20. The molecule has 0 aliphatic rings. The molecule has 6 nitrogen and oxygen atoms in total. The normalized spacial score (nSPS) is 9.67. The molecule has 0 saturated carbocycles. The summed E-state index contributed by atoms with van der Waals surface area (Å²) in [5.41, 5.74) is -0.398. The molecule has 15 heavy (non-hydrogen) atoms. The van der Waals surface area contributed by atoms with Crippen LogP contribution < -0.4 is 4.74 Å². The Morgan fingerprint density at radius 1 is 1.40 bits per heavy atom. The SMILES string of the molecule is CCOc1cc(C(=O)O)cnc1C(=O)O. The molecule has 0 aliphatic carbocycles. The zero-order valence-corrected chi connectivity index (χ0v) is 7.93. The average molecular weight is 211 g/mol.